The molecule has 0 fully saturated rings. The van der Waals surface area contributed by atoms with Gasteiger partial charge in [-0.3, -0.25) is 0 Å². The molecular formula is C23H16O. The molecule has 0 amide bonds. The fourth-order valence-corrected chi connectivity index (χ4v) is 3.59. The lowest BCUT2D eigenvalue weighted by atomic mass is 9.97. The molecule has 5 aromatic rings. The van der Waals surface area contributed by atoms with Gasteiger partial charge in [0, 0.05) is 10.8 Å². The Labute approximate surface area is 140 Å². The minimum Gasteiger partial charge on any atom is -0.456 e. The van der Waals surface area contributed by atoms with E-state index in [0.29, 0.717) is 0 Å². The lowest BCUT2D eigenvalue weighted by Gasteiger charge is -2.06. The van der Waals surface area contributed by atoms with Gasteiger partial charge in [0.2, 0.25) is 0 Å². The standard InChI is InChI=1S/C23H16O/c1-15-6-4-10-20-22-19(9-5-11-21(22)24-23(15)20)18-13-12-16-7-2-3-8-17(16)14-18/h2-14H,1H3. The molecule has 114 valence electrons. The molecule has 0 saturated carbocycles. The average molecular weight is 308 g/mol. The second-order valence-electron chi connectivity index (χ2n) is 6.29. The quantitative estimate of drug-likeness (QED) is 0.335. The fraction of sp³-hybridized carbons (Fsp3) is 0.0435. The molecule has 24 heavy (non-hydrogen) atoms. The first-order chi connectivity index (χ1) is 11.8. The maximum atomic E-state index is 6.13. The van der Waals surface area contributed by atoms with Crippen LogP contribution in [0.1, 0.15) is 5.56 Å². The first-order valence-electron chi connectivity index (χ1n) is 8.21. The van der Waals surface area contributed by atoms with Crippen molar-refractivity contribution in [2.45, 2.75) is 6.92 Å². The van der Waals surface area contributed by atoms with E-state index >= 15 is 0 Å². The number of fused-ring (bicyclic) bond motifs is 4. The van der Waals surface area contributed by atoms with Crippen molar-refractivity contribution in [1.29, 1.82) is 0 Å². The van der Waals surface area contributed by atoms with E-state index in [1.807, 2.05) is 0 Å². The Hall–Kier alpha value is -3.06. The highest BCUT2D eigenvalue weighted by Crippen LogP contribution is 2.38. The molecule has 0 spiro atoms. The van der Waals surface area contributed by atoms with Crippen LogP contribution in [0.25, 0.3) is 43.8 Å². The highest BCUT2D eigenvalue weighted by atomic mass is 16.3. The Kier molecular flexibility index (Phi) is 2.77. The van der Waals surface area contributed by atoms with Gasteiger partial charge < -0.3 is 4.42 Å². The second-order valence-corrected chi connectivity index (χ2v) is 6.29. The number of para-hydroxylation sites is 1. The Morgan fingerprint density at radius 2 is 1.54 bits per heavy atom. The Morgan fingerprint density at radius 3 is 2.46 bits per heavy atom. The van der Waals surface area contributed by atoms with Crippen LogP contribution in [-0.2, 0) is 0 Å². The minimum atomic E-state index is 0.949. The van der Waals surface area contributed by atoms with Crippen LogP contribution in [0.3, 0.4) is 0 Å². The number of hydrogen-bond acceptors (Lipinski definition) is 1. The van der Waals surface area contributed by atoms with Crippen molar-refractivity contribution in [3.8, 4) is 11.1 Å². The first kappa shape index (κ1) is 13.4. The summed E-state index contributed by atoms with van der Waals surface area (Å²) in [5.41, 5.74) is 5.56. The van der Waals surface area contributed by atoms with E-state index in [9.17, 15) is 0 Å². The minimum absolute atomic E-state index is 0.949. The molecule has 1 aromatic heterocycles. The van der Waals surface area contributed by atoms with E-state index in [0.717, 1.165) is 11.2 Å². The van der Waals surface area contributed by atoms with Crippen LogP contribution >= 0.6 is 0 Å². The zero-order valence-corrected chi connectivity index (χ0v) is 13.4. The molecular weight excluding hydrogens is 292 g/mol. The van der Waals surface area contributed by atoms with Crippen LogP contribution in [0.5, 0.6) is 0 Å². The SMILES string of the molecule is Cc1cccc2c1oc1cccc(-c3ccc4ccccc4c3)c12. The first-order valence-corrected chi connectivity index (χ1v) is 8.21. The summed E-state index contributed by atoms with van der Waals surface area (Å²) < 4.78 is 6.13. The number of benzene rings is 4. The largest absolute Gasteiger partial charge is 0.456 e. The lowest BCUT2D eigenvalue weighted by molar-refractivity contribution is 0.666. The van der Waals surface area contributed by atoms with Crippen molar-refractivity contribution in [2.24, 2.45) is 0 Å². The smallest absolute Gasteiger partial charge is 0.138 e. The predicted octanol–water partition coefficient (Wildman–Crippen LogP) is 6.71. The zero-order chi connectivity index (χ0) is 16.1. The molecule has 0 aliphatic carbocycles. The van der Waals surface area contributed by atoms with Crippen LogP contribution in [0.15, 0.2) is 83.3 Å². The summed E-state index contributed by atoms with van der Waals surface area (Å²) in [4.78, 5) is 0. The van der Waals surface area contributed by atoms with Gasteiger partial charge >= 0.3 is 0 Å². The fourth-order valence-electron chi connectivity index (χ4n) is 3.59. The van der Waals surface area contributed by atoms with Gasteiger partial charge in [-0.25, -0.2) is 0 Å². The monoisotopic (exact) mass is 308 g/mol. The van der Waals surface area contributed by atoms with Gasteiger partial charge in [-0.15, -0.1) is 0 Å². The van der Waals surface area contributed by atoms with Gasteiger partial charge in [-0.05, 0) is 46.5 Å². The number of furan rings is 1. The topological polar surface area (TPSA) is 13.1 Å². The molecule has 0 radical (unpaired) electrons. The molecule has 1 heteroatoms. The number of hydrogen-bond donors (Lipinski definition) is 0. The maximum absolute atomic E-state index is 6.13. The van der Waals surface area contributed by atoms with E-state index < -0.39 is 0 Å². The number of rotatable bonds is 1. The summed E-state index contributed by atoms with van der Waals surface area (Å²) in [6.45, 7) is 2.10. The molecule has 0 bridgehead atoms. The molecule has 0 aliphatic heterocycles. The van der Waals surface area contributed by atoms with Crippen molar-refractivity contribution in [3.05, 3.63) is 84.4 Å². The van der Waals surface area contributed by atoms with Crippen LogP contribution in [0.4, 0.5) is 0 Å². The van der Waals surface area contributed by atoms with Gasteiger partial charge in [-0.1, -0.05) is 66.7 Å². The van der Waals surface area contributed by atoms with E-state index in [-0.39, 0.29) is 0 Å². The maximum Gasteiger partial charge on any atom is 0.138 e. The van der Waals surface area contributed by atoms with Crippen molar-refractivity contribution >= 4 is 32.7 Å². The van der Waals surface area contributed by atoms with E-state index in [1.54, 1.807) is 0 Å². The lowest BCUT2D eigenvalue weighted by Crippen LogP contribution is -1.81. The van der Waals surface area contributed by atoms with Gasteiger partial charge in [0.05, 0.1) is 0 Å². The third kappa shape index (κ3) is 1.88. The normalized spacial score (nSPS) is 11.5. The average Bonchev–Trinajstić information content (AvgIpc) is 3.02. The van der Waals surface area contributed by atoms with Gasteiger partial charge in [0.1, 0.15) is 11.2 Å². The van der Waals surface area contributed by atoms with Crippen LogP contribution < -0.4 is 0 Å². The van der Waals surface area contributed by atoms with Crippen LogP contribution in [-0.4, -0.2) is 0 Å². The summed E-state index contributed by atoms with van der Waals surface area (Å²) in [5, 5.41) is 4.91. The molecule has 1 nitrogen and oxygen atoms in total. The molecule has 0 saturated heterocycles. The molecule has 5 rings (SSSR count). The molecule has 1 heterocycles. The third-order valence-corrected chi connectivity index (χ3v) is 4.78. The summed E-state index contributed by atoms with van der Waals surface area (Å²) >= 11 is 0. The number of aryl methyl sites for hydroxylation is 1. The Morgan fingerprint density at radius 1 is 0.708 bits per heavy atom. The molecule has 0 unspecified atom stereocenters. The molecule has 0 N–H and O–H groups in total. The van der Waals surface area contributed by atoms with E-state index in [1.165, 1.54) is 38.2 Å². The van der Waals surface area contributed by atoms with E-state index in [4.69, 9.17) is 4.42 Å². The van der Waals surface area contributed by atoms with Crippen molar-refractivity contribution in [2.75, 3.05) is 0 Å². The highest BCUT2D eigenvalue weighted by Gasteiger charge is 2.13. The van der Waals surface area contributed by atoms with Gasteiger partial charge in [0.15, 0.2) is 0 Å². The van der Waals surface area contributed by atoms with E-state index in [2.05, 4.69) is 85.8 Å². The molecule has 0 aliphatic rings. The predicted molar refractivity (Wildman–Crippen MR) is 101 cm³/mol. The Bertz CT molecular complexity index is 1210. The van der Waals surface area contributed by atoms with Gasteiger partial charge in [-0.2, -0.15) is 0 Å². The van der Waals surface area contributed by atoms with Crippen LogP contribution in [0, 0.1) is 6.92 Å². The highest BCUT2D eigenvalue weighted by molar-refractivity contribution is 6.13. The molecule has 4 aromatic carbocycles. The Balaban J connectivity index is 1.88. The zero-order valence-electron chi connectivity index (χ0n) is 13.4. The van der Waals surface area contributed by atoms with Gasteiger partial charge in [0.25, 0.3) is 0 Å². The van der Waals surface area contributed by atoms with Crippen molar-refractivity contribution < 1.29 is 4.42 Å². The summed E-state index contributed by atoms with van der Waals surface area (Å²) in [6.07, 6.45) is 0. The summed E-state index contributed by atoms with van der Waals surface area (Å²) in [6, 6.07) is 27.8. The second kappa shape index (κ2) is 4.97. The summed E-state index contributed by atoms with van der Waals surface area (Å²) in [7, 11) is 0. The van der Waals surface area contributed by atoms with Crippen molar-refractivity contribution in [3.63, 3.8) is 0 Å². The molecule has 0 atom stereocenters. The summed E-state index contributed by atoms with van der Waals surface area (Å²) in [5.74, 6) is 0. The van der Waals surface area contributed by atoms with Crippen molar-refractivity contribution in [1.82, 2.24) is 0 Å². The third-order valence-electron chi connectivity index (χ3n) is 4.78. The van der Waals surface area contributed by atoms with Crippen LogP contribution in [0.2, 0.25) is 0 Å².